The van der Waals surface area contributed by atoms with Gasteiger partial charge < -0.3 is 4.42 Å². The molecular formula is C21H12Cl3N3O4S. The highest BCUT2D eigenvalue weighted by Crippen LogP contribution is 2.33. The van der Waals surface area contributed by atoms with Crippen LogP contribution in [0.25, 0.3) is 11.3 Å². The third-order valence-corrected chi connectivity index (χ3v) is 6.38. The maximum Gasteiger partial charge on any atom is 0.293 e. The molecule has 0 aliphatic rings. The van der Waals surface area contributed by atoms with E-state index in [2.05, 4.69) is 10.3 Å². The highest BCUT2D eigenvalue weighted by Gasteiger charge is 2.18. The predicted octanol–water partition coefficient (Wildman–Crippen LogP) is 7.11. The molecule has 7 nitrogen and oxygen atoms in total. The van der Waals surface area contributed by atoms with E-state index in [1.807, 2.05) is 0 Å². The SMILES string of the molecule is O=C(Nc1ncc(Cc2c(Cl)cccc2Cl)s1)c1ccc(-c2ccc([N+](=O)[O-])cc2Cl)o1. The second kappa shape index (κ2) is 9.30. The molecule has 2 aromatic heterocycles. The number of hydrogen-bond acceptors (Lipinski definition) is 6. The van der Waals surface area contributed by atoms with Crippen molar-refractivity contribution in [1.82, 2.24) is 4.98 Å². The van der Waals surface area contributed by atoms with Crippen LogP contribution in [-0.2, 0) is 6.42 Å². The fourth-order valence-corrected chi connectivity index (χ4v) is 4.52. The Balaban J connectivity index is 1.47. The van der Waals surface area contributed by atoms with Gasteiger partial charge in [0, 0.05) is 45.2 Å². The summed E-state index contributed by atoms with van der Waals surface area (Å²) in [6, 6.07) is 12.3. The molecule has 0 aliphatic carbocycles. The summed E-state index contributed by atoms with van der Waals surface area (Å²) in [6.07, 6.45) is 2.12. The number of hydrogen-bond donors (Lipinski definition) is 1. The Morgan fingerprint density at radius 2 is 1.84 bits per heavy atom. The zero-order valence-corrected chi connectivity index (χ0v) is 19.1. The summed E-state index contributed by atoms with van der Waals surface area (Å²) in [5.74, 6) is -0.144. The molecule has 0 saturated heterocycles. The van der Waals surface area contributed by atoms with Crippen LogP contribution in [0.1, 0.15) is 21.0 Å². The predicted molar refractivity (Wildman–Crippen MR) is 125 cm³/mol. The summed E-state index contributed by atoms with van der Waals surface area (Å²) < 4.78 is 5.59. The number of anilines is 1. The lowest BCUT2D eigenvalue weighted by Gasteiger charge is -2.04. The van der Waals surface area contributed by atoms with Crippen molar-refractivity contribution in [3.8, 4) is 11.3 Å². The monoisotopic (exact) mass is 507 g/mol. The van der Waals surface area contributed by atoms with Crippen molar-refractivity contribution >= 4 is 62.9 Å². The van der Waals surface area contributed by atoms with Crippen molar-refractivity contribution in [1.29, 1.82) is 0 Å². The highest BCUT2D eigenvalue weighted by molar-refractivity contribution is 7.15. The van der Waals surface area contributed by atoms with Crippen molar-refractivity contribution < 1.29 is 14.1 Å². The van der Waals surface area contributed by atoms with Crippen LogP contribution in [0.2, 0.25) is 15.1 Å². The molecule has 0 aliphatic heterocycles. The number of furan rings is 1. The topological polar surface area (TPSA) is 98.3 Å². The van der Waals surface area contributed by atoms with Gasteiger partial charge in [0.2, 0.25) is 0 Å². The van der Waals surface area contributed by atoms with Gasteiger partial charge in [0.05, 0.1) is 9.95 Å². The molecule has 4 rings (SSSR count). The summed E-state index contributed by atoms with van der Waals surface area (Å²) in [5.41, 5.74) is 1.08. The third-order valence-electron chi connectivity index (χ3n) is 4.45. The zero-order chi connectivity index (χ0) is 22.8. The molecule has 1 N–H and O–H groups in total. The summed E-state index contributed by atoms with van der Waals surface area (Å²) >= 11 is 19.8. The lowest BCUT2D eigenvalue weighted by molar-refractivity contribution is -0.384. The number of benzene rings is 2. The van der Waals surface area contributed by atoms with Crippen LogP contribution in [0.4, 0.5) is 10.8 Å². The molecule has 0 atom stereocenters. The van der Waals surface area contributed by atoms with Crippen molar-refractivity contribution in [2.24, 2.45) is 0 Å². The number of thiazole rings is 1. The van der Waals surface area contributed by atoms with Gasteiger partial charge in [-0.15, -0.1) is 11.3 Å². The fourth-order valence-electron chi connectivity index (χ4n) is 2.90. The first kappa shape index (κ1) is 22.3. The molecule has 11 heteroatoms. The maximum atomic E-state index is 12.6. The van der Waals surface area contributed by atoms with Crippen LogP contribution >= 0.6 is 46.1 Å². The number of nitrogens with one attached hydrogen (secondary N) is 1. The average molecular weight is 509 g/mol. The van der Waals surface area contributed by atoms with Crippen LogP contribution in [0.3, 0.4) is 0 Å². The van der Waals surface area contributed by atoms with E-state index in [0.29, 0.717) is 32.9 Å². The van der Waals surface area contributed by atoms with E-state index in [1.165, 1.54) is 35.6 Å². The molecule has 2 heterocycles. The van der Waals surface area contributed by atoms with Gasteiger partial charge >= 0.3 is 0 Å². The second-order valence-electron chi connectivity index (χ2n) is 6.55. The van der Waals surface area contributed by atoms with Crippen LogP contribution in [-0.4, -0.2) is 15.8 Å². The normalized spacial score (nSPS) is 10.8. The molecule has 0 unspecified atom stereocenters. The van der Waals surface area contributed by atoms with Crippen LogP contribution in [0.15, 0.2) is 59.1 Å². The number of amides is 1. The zero-order valence-electron chi connectivity index (χ0n) is 16.0. The van der Waals surface area contributed by atoms with Gasteiger partial charge in [-0.1, -0.05) is 40.9 Å². The van der Waals surface area contributed by atoms with Crippen LogP contribution in [0, 0.1) is 10.1 Å². The fraction of sp³-hybridized carbons (Fsp3) is 0.0476. The number of nitrogens with zero attached hydrogens (tertiary/aromatic N) is 2. The Morgan fingerprint density at radius 1 is 1.09 bits per heavy atom. The number of carbonyl (C=O) groups is 1. The van der Waals surface area contributed by atoms with E-state index in [0.717, 1.165) is 10.4 Å². The first-order chi connectivity index (χ1) is 15.3. The quantitative estimate of drug-likeness (QED) is 0.221. The van der Waals surface area contributed by atoms with E-state index < -0.39 is 10.8 Å². The number of nitro benzene ring substituents is 1. The standard InChI is InChI=1S/C21H12Cl3N3O4S/c22-15-2-1-3-16(23)14(15)9-12-10-25-21(32-12)26-20(28)19-7-6-18(31-19)13-5-4-11(27(29)30)8-17(13)24/h1-8,10H,9H2,(H,25,26,28). The number of aromatic nitrogens is 1. The van der Waals surface area contributed by atoms with Crippen molar-refractivity contribution in [3.63, 3.8) is 0 Å². The molecular weight excluding hydrogens is 497 g/mol. The van der Waals surface area contributed by atoms with Crippen LogP contribution in [0.5, 0.6) is 0 Å². The van der Waals surface area contributed by atoms with Gasteiger partial charge in [0.15, 0.2) is 10.9 Å². The number of non-ortho nitro benzene ring substituents is 1. The maximum absolute atomic E-state index is 12.6. The van der Waals surface area contributed by atoms with E-state index in [9.17, 15) is 14.9 Å². The molecule has 2 aromatic carbocycles. The molecule has 162 valence electrons. The Kier molecular flexibility index (Phi) is 6.48. The minimum atomic E-state index is -0.543. The molecule has 1 amide bonds. The van der Waals surface area contributed by atoms with E-state index in [4.69, 9.17) is 39.2 Å². The Hall–Kier alpha value is -2.91. The smallest absolute Gasteiger partial charge is 0.293 e. The van der Waals surface area contributed by atoms with Gasteiger partial charge in [-0.2, -0.15) is 0 Å². The van der Waals surface area contributed by atoms with Gasteiger partial charge in [-0.25, -0.2) is 4.98 Å². The lowest BCUT2D eigenvalue weighted by atomic mass is 10.1. The minimum Gasteiger partial charge on any atom is -0.451 e. The van der Waals surface area contributed by atoms with Gasteiger partial charge in [0.1, 0.15) is 5.76 Å². The van der Waals surface area contributed by atoms with Gasteiger partial charge in [0.25, 0.3) is 11.6 Å². The van der Waals surface area contributed by atoms with Crippen LogP contribution < -0.4 is 5.32 Å². The number of nitro groups is 1. The van der Waals surface area contributed by atoms with Crippen molar-refractivity contribution in [2.75, 3.05) is 5.32 Å². The molecule has 32 heavy (non-hydrogen) atoms. The lowest BCUT2D eigenvalue weighted by Crippen LogP contribution is -2.10. The third kappa shape index (κ3) is 4.78. The largest absolute Gasteiger partial charge is 0.451 e. The second-order valence-corrected chi connectivity index (χ2v) is 8.88. The first-order valence-electron chi connectivity index (χ1n) is 9.05. The number of halogens is 3. The van der Waals surface area contributed by atoms with E-state index in [1.54, 1.807) is 30.5 Å². The average Bonchev–Trinajstić information content (AvgIpc) is 3.40. The Bertz CT molecular complexity index is 1320. The molecule has 0 radical (unpaired) electrons. The molecule has 0 fully saturated rings. The number of carbonyl (C=O) groups excluding carboxylic acids is 1. The molecule has 0 bridgehead atoms. The number of rotatable bonds is 6. The van der Waals surface area contributed by atoms with E-state index in [-0.39, 0.29) is 16.5 Å². The highest BCUT2D eigenvalue weighted by atomic mass is 35.5. The Labute approximate surface area is 200 Å². The summed E-state index contributed by atoms with van der Waals surface area (Å²) in [5, 5.41) is 15.2. The summed E-state index contributed by atoms with van der Waals surface area (Å²) in [4.78, 5) is 28.0. The van der Waals surface area contributed by atoms with Crippen molar-refractivity contribution in [3.05, 3.63) is 96.1 Å². The molecule has 0 saturated carbocycles. The Morgan fingerprint density at radius 3 is 2.53 bits per heavy atom. The summed E-state index contributed by atoms with van der Waals surface area (Å²) in [6.45, 7) is 0. The molecule has 4 aromatic rings. The minimum absolute atomic E-state index is 0.0420. The van der Waals surface area contributed by atoms with Gasteiger partial charge in [-0.3, -0.25) is 20.2 Å². The van der Waals surface area contributed by atoms with E-state index >= 15 is 0 Å². The van der Waals surface area contributed by atoms with Crippen molar-refractivity contribution in [2.45, 2.75) is 6.42 Å². The molecule has 0 spiro atoms. The summed E-state index contributed by atoms with van der Waals surface area (Å²) in [7, 11) is 0. The first-order valence-corrected chi connectivity index (χ1v) is 11.0. The van der Waals surface area contributed by atoms with Gasteiger partial charge in [-0.05, 0) is 35.9 Å².